The molecule has 2 N–H and O–H groups in total. The van der Waals surface area contributed by atoms with Crippen LogP contribution in [0.3, 0.4) is 0 Å². The lowest BCUT2D eigenvalue weighted by atomic mass is 9.72. The lowest BCUT2D eigenvalue weighted by molar-refractivity contribution is 0.218. The van der Waals surface area contributed by atoms with Crippen molar-refractivity contribution >= 4 is 39.1 Å². The quantitative estimate of drug-likeness (QED) is 0.461. The Hall–Kier alpha value is -0.810. The molecule has 2 aromatic rings. The second kappa shape index (κ2) is 6.60. The summed E-state index contributed by atoms with van der Waals surface area (Å²) in [5.74, 6) is 2.50. The third-order valence-corrected chi connectivity index (χ3v) is 6.95. The van der Waals surface area contributed by atoms with E-state index in [1.807, 2.05) is 11.3 Å². The second-order valence-electron chi connectivity index (χ2n) is 7.58. The Labute approximate surface area is 147 Å². The number of hydrogen-bond acceptors (Lipinski definition) is 5. The summed E-state index contributed by atoms with van der Waals surface area (Å²) in [5, 5.41) is 1.98. The van der Waals surface area contributed by atoms with Gasteiger partial charge in [-0.25, -0.2) is 9.97 Å². The van der Waals surface area contributed by atoms with Gasteiger partial charge in [0.2, 0.25) is 0 Å². The van der Waals surface area contributed by atoms with E-state index >= 15 is 0 Å². The van der Waals surface area contributed by atoms with Gasteiger partial charge in [-0.1, -0.05) is 45.9 Å². The number of unbranched alkanes of at least 4 members (excludes halogenated alkanes) is 1. The molecule has 126 valence electrons. The van der Waals surface area contributed by atoms with Gasteiger partial charge in [0.25, 0.3) is 0 Å². The summed E-state index contributed by atoms with van der Waals surface area (Å²) in [4.78, 5) is 11.9. The maximum absolute atomic E-state index is 6.29. The van der Waals surface area contributed by atoms with Crippen molar-refractivity contribution in [1.82, 2.24) is 9.97 Å². The molecule has 0 bridgehead atoms. The van der Waals surface area contributed by atoms with Gasteiger partial charge in [-0.2, -0.15) is 0 Å². The van der Waals surface area contributed by atoms with E-state index in [9.17, 15) is 0 Å². The van der Waals surface area contributed by atoms with Gasteiger partial charge in [-0.15, -0.1) is 11.3 Å². The van der Waals surface area contributed by atoms with Crippen LogP contribution in [0.15, 0.2) is 5.16 Å². The Morgan fingerprint density at radius 1 is 1.30 bits per heavy atom. The molecule has 0 amide bonds. The predicted octanol–water partition coefficient (Wildman–Crippen LogP) is 5.32. The summed E-state index contributed by atoms with van der Waals surface area (Å²) in [6, 6.07) is 0. The average molecular weight is 350 g/mol. The normalized spacial score (nSPS) is 18.3. The third-order valence-electron chi connectivity index (χ3n) is 4.87. The largest absolute Gasteiger partial charge is 0.383 e. The Bertz CT molecular complexity index is 700. The Balaban J connectivity index is 1.92. The van der Waals surface area contributed by atoms with Gasteiger partial charge < -0.3 is 5.73 Å². The number of rotatable bonds is 4. The summed E-state index contributed by atoms with van der Waals surface area (Å²) < 4.78 is 0. The van der Waals surface area contributed by atoms with Gasteiger partial charge in [0.15, 0.2) is 5.16 Å². The van der Waals surface area contributed by atoms with Crippen molar-refractivity contribution < 1.29 is 0 Å². The molecular formula is C18H27N3S2. The number of fused-ring (bicyclic) bond motifs is 3. The first-order chi connectivity index (χ1) is 10.9. The maximum atomic E-state index is 6.29. The van der Waals surface area contributed by atoms with E-state index in [0.29, 0.717) is 11.2 Å². The number of anilines is 1. The molecular weight excluding hydrogens is 322 g/mol. The summed E-state index contributed by atoms with van der Waals surface area (Å²) in [6.45, 7) is 9.27. The lowest BCUT2D eigenvalue weighted by Crippen LogP contribution is -2.26. The number of thioether (sulfide) groups is 1. The molecule has 0 fully saturated rings. The van der Waals surface area contributed by atoms with Crippen LogP contribution in [0, 0.1) is 11.3 Å². The van der Waals surface area contributed by atoms with Gasteiger partial charge in [0.1, 0.15) is 10.6 Å². The van der Waals surface area contributed by atoms with Crippen molar-refractivity contribution in [2.24, 2.45) is 11.3 Å². The van der Waals surface area contributed by atoms with E-state index in [4.69, 9.17) is 10.7 Å². The molecule has 2 aromatic heterocycles. The van der Waals surface area contributed by atoms with Crippen molar-refractivity contribution in [1.29, 1.82) is 0 Å². The van der Waals surface area contributed by atoms with Crippen LogP contribution in [0.4, 0.5) is 5.82 Å². The van der Waals surface area contributed by atoms with Crippen molar-refractivity contribution in [3.63, 3.8) is 0 Å². The van der Waals surface area contributed by atoms with Gasteiger partial charge in [-0.05, 0) is 42.6 Å². The van der Waals surface area contributed by atoms with Crippen molar-refractivity contribution in [2.45, 2.75) is 65.0 Å². The molecule has 3 rings (SSSR count). The van der Waals surface area contributed by atoms with E-state index in [1.54, 1.807) is 11.8 Å². The van der Waals surface area contributed by atoms with Crippen molar-refractivity contribution in [3.05, 3.63) is 10.4 Å². The summed E-state index contributed by atoms with van der Waals surface area (Å²) >= 11 is 3.57. The SMILES string of the molecule is CCCCSc1nc(N)c2c3c(sc2n1)CC(C(C)(C)C)CC3. The molecule has 0 aromatic carbocycles. The Kier molecular flexibility index (Phi) is 4.88. The minimum Gasteiger partial charge on any atom is -0.383 e. The van der Waals surface area contributed by atoms with Crippen LogP contribution in [0.5, 0.6) is 0 Å². The van der Waals surface area contributed by atoms with E-state index in [1.165, 1.54) is 29.7 Å². The van der Waals surface area contributed by atoms with Crippen LogP contribution in [-0.2, 0) is 12.8 Å². The molecule has 3 nitrogen and oxygen atoms in total. The first-order valence-corrected chi connectivity index (χ1v) is 10.4. The van der Waals surface area contributed by atoms with E-state index < -0.39 is 0 Å². The number of nitrogens with two attached hydrogens (primary N) is 1. The molecule has 2 heterocycles. The molecule has 0 radical (unpaired) electrons. The summed E-state index contributed by atoms with van der Waals surface area (Å²) in [5.41, 5.74) is 8.08. The number of aryl methyl sites for hydroxylation is 1. The zero-order valence-corrected chi connectivity index (χ0v) is 16.2. The number of nitrogen functional groups attached to an aromatic ring is 1. The molecule has 1 unspecified atom stereocenters. The summed E-state index contributed by atoms with van der Waals surface area (Å²) in [7, 11) is 0. The molecule has 0 saturated heterocycles. The fraction of sp³-hybridized carbons (Fsp3) is 0.667. The smallest absolute Gasteiger partial charge is 0.190 e. The van der Waals surface area contributed by atoms with Crippen molar-refractivity contribution in [2.75, 3.05) is 11.5 Å². The van der Waals surface area contributed by atoms with E-state index in [-0.39, 0.29) is 0 Å². The molecule has 0 saturated carbocycles. The highest BCUT2D eigenvalue weighted by Gasteiger charge is 2.31. The molecule has 23 heavy (non-hydrogen) atoms. The molecule has 1 aliphatic carbocycles. The van der Waals surface area contributed by atoms with Crippen LogP contribution in [-0.4, -0.2) is 15.7 Å². The van der Waals surface area contributed by atoms with Crippen molar-refractivity contribution in [3.8, 4) is 0 Å². The third kappa shape index (κ3) is 3.50. The highest BCUT2D eigenvalue weighted by atomic mass is 32.2. The molecule has 5 heteroatoms. The van der Waals surface area contributed by atoms with Crippen LogP contribution in [0.2, 0.25) is 0 Å². The van der Waals surface area contributed by atoms with Crippen LogP contribution in [0.1, 0.15) is 57.4 Å². The zero-order chi connectivity index (χ0) is 16.6. The Morgan fingerprint density at radius 2 is 2.09 bits per heavy atom. The lowest BCUT2D eigenvalue weighted by Gasteiger charge is -2.33. The number of hydrogen-bond donors (Lipinski definition) is 1. The van der Waals surface area contributed by atoms with Gasteiger partial charge in [-0.3, -0.25) is 0 Å². The fourth-order valence-corrected chi connectivity index (χ4v) is 5.60. The maximum Gasteiger partial charge on any atom is 0.190 e. The highest BCUT2D eigenvalue weighted by Crippen LogP contribution is 2.44. The average Bonchev–Trinajstić information content (AvgIpc) is 2.84. The predicted molar refractivity (Wildman–Crippen MR) is 102 cm³/mol. The minimum absolute atomic E-state index is 0.367. The van der Waals surface area contributed by atoms with E-state index in [0.717, 1.165) is 39.9 Å². The summed E-state index contributed by atoms with van der Waals surface area (Å²) in [6.07, 6.45) is 5.92. The monoisotopic (exact) mass is 349 g/mol. The number of aromatic nitrogens is 2. The van der Waals surface area contributed by atoms with Crippen LogP contribution >= 0.6 is 23.1 Å². The van der Waals surface area contributed by atoms with Gasteiger partial charge >= 0.3 is 0 Å². The van der Waals surface area contributed by atoms with Crippen LogP contribution < -0.4 is 5.73 Å². The molecule has 0 spiro atoms. The topological polar surface area (TPSA) is 51.8 Å². The Morgan fingerprint density at radius 3 is 2.78 bits per heavy atom. The minimum atomic E-state index is 0.367. The molecule has 1 aliphatic rings. The fourth-order valence-electron chi connectivity index (χ4n) is 3.30. The highest BCUT2D eigenvalue weighted by molar-refractivity contribution is 7.99. The van der Waals surface area contributed by atoms with E-state index in [2.05, 4.69) is 32.7 Å². The van der Waals surface area contributed by atoms with Gasteiger partial charge in [0, 0.05) is 10.6 Å². The second-order valence-corrected chi connectivity index (χ2v) is 9.73. The zero-order valence-electron chi connectivity index (χ0n) is 14.6. The van der Waals surface area contributed by atoms with Gasteiger partial charge in [0.05, 0.1) is 5.39 Å². The standard InChI is InChI=1S/C18H27N3S2/c1-5-6-9-22-17-20-15(19)14-12-8-7-11(18(2,3)4)10-13(12)23-16(14)21-17/h11H,5-10H2,1-4H3,(H2,19,20,21). The molecule has 1 atom stereocenters. The molecule has 0 aliphatic heterocycles. The number of thiophene rings is 1. The number of nitrogens with zero attached hydrogens (tertiary/aromatic N) is 2. The first kappa shape index (κ1) is 17.0. The van der Waals surface area contributed by atoms with Crippen LogP contribution in [0.25, 0.3) is 10.2 Å². The first-order valence-electron chi connectivity index (χ1n) is 8.60.